The van der Waals surface area contributed by atoms with Crippen molar-refractivity contribution in [3.63, 3.8) is 0 Å². The van der Waals surface area contributed by atoms with E-state index in [4.69, 9.17) is 37.0 Å². The minimum absolute atomic E-state index is 0.104. The molecular weight excluding hydrogens is 1190 g/mol. The number of hydrogen-bond acceptors (Lipinski definition) is 15. The quantitative estimate of drug-likeness (QED) is 0.0222. The van der Waals surface area contributed by atoms with Gasteiger partial charge in [-0.15, -0.1) is 0 Å². The van der Waals surface area contributed by atoms with Gasteiger partial charge in [-0.1, -0.05) is 305 Å². The zero-order valence-electron chi connectivity index (χ0n) is 58.6. The highest BCUT2D eigenvalue weighted by atomic mass is 31.2. The fraction of sp³-hybridized carbons (Fsp3) is 0.944. The zero-order chi connectivity index (χ0) is 66.6. The third-order valence-electron chi connectivity index (χ3n) is 16.7. The lowest BCUT2D eigenvalue weighted by atomic mass is 9.99. The summed E-state index contributed by atoms with van der Waals surface area (Å²) < 4.78 is 68.3. The summed E-state index contributed by atoms with van der Waals surface area (Å²) in [6.45, 7) is 11.8. The predicted molar refractivity (Wildman–Crippen MR) is 363 cm³/mol. The molecule has 19 heteroatoms. The van der Waals surface area contributed by atoms with Gasteiger partial charge in [-0.3, -0.25) is 37.3 Å². The van der Waals surface area contributed by atoms with Crippen LogP contribution < -0.4 is 0 Å². The molecule has 0 aromatic rings. The number of esters is 4. The van der Waals surface area contributed by atoms with Crippen LogP contribution in [0.5, 0.6) is 0 Å². The van der Waals surface area contributed by atoms with Crippen LogP contribution in [0.15, 0.2) is 0 Å². The minimum atomic E-state index is -4.95. The number of carbonyl (C=O) groups is 4. The van der Waals surface area contributed by atoms with Gasteiger partial charge in [0.15, 0.2) is 12.2 Å². The van der Waals surface area contributed by atoms with E-state index in [1.165, 1.54) is 161 Å². The lowest BCUT2D eigenvalue weighted by molar-refractivity contribution is -0.161. The van der Waals surface area contributed by atoms with E-state index < -0.39 is 97.5 Å². The van der Waals surface area contributed by atoms with Crippen LogP contribution in [-0.2, 0) is 65.4 Å². The Balaban J connectivity index is 5.24. The second kappa shape index (κ2) is 61.9. The summed E-state index contributed by atoms with van der Waals surface area (Å²) in [6, 6.07) is 0. The summed E-state index contributed by atoms with van der Waals surface area (Å²) in [7, 11) is -9.90. The van der Waals surface area contributed by atoms with E-state index in [-0.39, 0.29) is 25.7 Å². The molecule has 0 aliphatic heterocycles. The number of aliphatic hydroxyl groups excluding tert-OH is 1. The first-order valence-electron chi connectivity index (χ1n) is 36.9. The van der Waals surface area contributed by atoms with Crippen LogP contribution >= 0.6 is 15.6 Å². The number of rotatable bonds is 69. The van der Waals surface area contributed by atoms with E-state index in [9.17, 15) is 43.2 Å². The molecule has 0 aromatic carbocycles. The Morgan fingerprint density at radius 2 is 0.567 bits per heavy atom. The van der Waals surface area contributed by atoms with Crippen LogP contribution in [0.2, 0.25) is 0 Å². The van der Waals surface area contributed by atoms with Gasteiger partial charge in [-0.2, -0.15) is 0 Å². The first kappa shape index (κ1) is 88.1. The maximum absolute atomic E-state index is 13.0. The van der Waals surface area contributed by atoms with E-state index in [1.54, 1.807) is 0 Å². The van der Waals surface area contributed by atoms with E-state index >= 15 is 0 Å². The summed E-state index contributed by atoms with van der Waals surface area (Å²) in [6.07, 6.45) is 45.9. The van der Waals surface area contributed by atoms with E-state index in [0.717, 1.165) is 108 Å². The topological polar surface area (TPSA) is 237 Å². The Morgan fingerprint density at radius 3 is 0.844 bits per heavy atom. The number of aliphatic hydroxyl groups is 1. The van der Waals surface area contributed by atoms with Gasteiger partial charge >= 0.3 is 39.5 Å². The van der Waals surface area contributed by atoms with E-state index in [0.29, 0.717) is 31.6 Å². The molecule has 3 N–H and O–H groups in total. The average molecular weight is 1330 g/mol. The highest BCUT2D eigenvalue weighted by Crippen LogP contribution is 2.45. The number of hydrogen-bond donors (Lipinski definition) is 3. The third-order valence-corrected chi connectivity index (χ3v) is 18.6. The van der Waals surface area contributed by atoms with Crippen molar-refractivity contribution in [2.24, 2.45) is 17.8 Å². The molecule has 0 heterocycles. The fourth-order valence-electron chi connectivity index (χ4n) is 10.7. The van der Waals surface area contributed by atoms with Crippen molar-refractivity contribution in [1.29, 1.82) is 0 Å². The molecule has 6 atom stereocenters. The summed E-state index contributed by atoms with van der Waals surface area (Å²) in [5, 5.41) is 10.6. The van der Waals surface area contributed by atoms with Crippen molar-refractivity contribution in [2.75, 3.05) is 39.6 Å². The maximum atomic E-state index is 13.0. The molecule has 534 valence electrons. The third kappa shape index (κ3) is 63.5. The number of unbranched alkanes of at least 4 members (excludes halogenated alkanes) is 36. The van der Waals surface area contributed by atoms with Gasteiger partial charge < -0.3 is 33.8 Å². The molecule has 0 fully saturated rings. The van der Waals surface area contributed by atoms with E-state index in [2.05, 4.69) is 48.5 Å². The maximum Gasteiger partial charge on any atom is 0.472 e. The molecule has 0 amide bonds. The number of carbonyl (C=O) groups excluding carboxylic acids is 4. The first-order valence-corrected chi connectivity index (χ1v) is 39.9. The van der Waals surface area contributed by atoms with Crippen molar-refractivity contribution in [3.8, 4) is 0 Å². The smallest absolute Gasteiger partial charge is 0.462 e. The molecule has 0 spiro atoms. The van der Waals surface area contributed by atoms with Crippen LogP contribution in [0.4, 0.5) is 0 Å². The monoisotopic (exact) mass is 1320 g/mol. The van der Waals surface area contributed by atoms with E-state index in [1.807, 2.05) is 0 Å². The van der Waals surface area contributed by atoms with Gasteiger partial charge in [0.1, 0.15) is 19.3 Å². The number of phosphoric ester groups is 2. The van der Waals surface area contributed by atoms with Crippen molar-refractivity contribution >= 4 is 39.5 Å². The molecule has 0 aliphatic rings. The fourth-order valence-corrected chi connectivity index (χ4v) is 12.3. The Morgan fingerprint density at radius 1 is 0.322 bits per heavy atom. The van der Waals surface area contributed by atoms with Crippen molar-refractivity contribution in [2.45, 2.75) is 375 Å². The molecule has 0 saturated carbocycles. The van der Waals surface area contributed by atoms with Gasteiger partial charge in [0, 0.05) is 25.7 Å². The molecule has 0 rings (SSSR count). The van der Waals surface area contributed by atoms with Gasteiger partial charge in [0.25, 0.3) is 0 Å². The molecular formula is C71H138O17P2. The molecule has 0 aliphatic carbocycles. The Kier molecular flexibility index (Phi) is 60.6. The van der Waals surface area contributed by atoms with Crippen LogP contribution in [0.25, 0.3) is 0 Å². The first-order chi connectivity index (χ1) is 43.3. The van der Waals surface area contributed by atoms with Crippen molar-refractivity contribution in [1.82, 2.24) is 0 Å². The normalized spacial score (nSPS) is 14.5. The standard InChI is InChI=1S/C71H138O17P2/c1-8-10-11-12-13-14-15-16-17-18-19-20-21-24-31-40-47-54-70(75)87-66(58-81-68(73)52-45-38-30-25-22-23-28-35-42-49-62(3)4)60-85-89(77,78)83-56-65(72)57-84-90(79,80)86-61-67(59-82-69(74)53-46-39-34-33-36-43-50-63(5)6)88-71(76)55-48-41-32-27-26-29-37-44-51-64(7)9-2/h62-67,72H,8-61H2,1-7H3,(H,77,78)(H,79,80)/t64?,65-,66-,67-/m1/s1. The second-order valence-corrected chi connectivity index (χ2v) is 29.7. The van der Waals surface area contributed by atoms with Crippen LogP contribution in [0.1, 0.15) is 357 Å². The molecule has 3 unspecified atom stereocenters. The zero-order valence-corrected chi connectivity index (χ0v) is 60.4. The van der Waals surface area contributed by atoms with Gasteiger partial charge in [0.05, 0.1) is 26.4 Å². The average Bonchev–Trinajstić information content (AvgIpc) is 2.50. The van der Waals surface area contributed by atoms with Gasteiger partial charge in [0.2, 0.25) is 0 Å². The number of phosphoric acid groups is 2. The summed E-state index contributed by atoms with van der Waals surface area (Å²) in [4.78, 5) is 72.5. The summed E-state index contributed by atoms with van der Waals surface area (Å²) in [5.41, 5.74) is 0. The molecule has 17 nitrogen and oxygen atoms in total. The van der Waals surface area contributed by atoms with Crippen LogP contribution in [0.3, 0.4) is 0 Å². The van der Waals surface area contributed by atoms with Crippen LogP contribution in [-0.4, -0.2) is 96.7 Å². The highest BCUT2D eigenvalue weighted by Gasteiger charge is 2.30. The van der Waals surface area contributed by atoms with Crippen LogP contribution in [0, 0.1) is 17.8 Å². The molecule has 0 radical (unpaired) electrons. The van der Waals surface area contributed by atoms with Crippen molar-refractivity contribution in [3.05, 3.63) is 0 Å². The molecule has 0 aromatic heterocycles. The highest BCUT2D eigenvalue weighted by molar-refractivity contribution is 7.47. The lowest BCUT2D eigenvalue weighted by Crippen LogP contribution is -2.30. The summed E-state index contributed by atoms with van der Waals surface area (Å²) >= 11 is 0. The minimum Gasteiger partial charge on any atom is -0.462 e. The molecule has 0 saturated heterocycles. The Labute approximate surface area is 549 Å². The summed E-state index contributed by atoms with van der Waals surface area (Å²) in [5.74, 6) is 0.0646. The van der Waals surface area contributed by atoms with Gasteiger partial charge in [-0.25, -0.2) is 9.13 Å². The Bertz CT molecular complexity index is 1770. The largest absolute Gasteiger partial charge is 0.472 e. The number of ether oxygens (including phenoxy) is 4. The van der Waals surface area contributed by atoms with Crippen molar-refractivity contribution < 1.29 is 80.2 Å². The SMILES string of the molecule is CCCCCCCCCCCCCCCCCCCC(=O)O[C@H](COC(=O)CCCCCCCCCCCC(C)C)COP(=O)(O)OC[C@@H](O)COP(=O)(O)OC[C@@H](COC(=O)CCCCCCCCC(C)C)OC(=O)CCCCCCCCCCC(C)CC. The molecule has 0 bridgehead atoms. The second-order valence-electron chi connectivity index (χ2n) is 26.8. The Hall–Kier alpha value is -1.94. The van der Waals surface area contributed by atoms with Gasteiger partial charge in [-0.05, 0) is 43.4 Å². The lowest BCUT2D eigenvalue weighted by Gasteiger charge is -2.21. The molecule has 90 heavy (non-hydrogen) atoms. The predicted octanol–water partition coefficient (Wildman–Crippen LogP) is 20.2.